The summed E-state index contributed by atoms with van der Waals surface area (Å²) >= 11 is 1.34. The summed E-state index contributed by atoms with van der Waals surface area (Å²) in [5.41, 5.74) is 0.181. The molecule has 0 spiro atoms. The van der Waals surface area contributed by atoms with Crippen LogP contribution >= 0.6 is 11.8 Å². The third-order valence-electron chi connectivity index (χ3n) is 4.93. The number of hydrogen-bond acceptors (Lipinski definition) is 9. The van der Waals surface area contributed by atoms with Crippen LogP contribution in [0.1, 0.15) is 26.3 Å². The van der Waals surface area contributed by atoms with Gasteiger partial charge in [-0.1, -0.05) is 60.3 Å². The minimum absolute atomic E-state index is 0.156. The van der Waals surface area contributed by atoms with Crippen LogP contribution in [0.4, 0.5) is 0 Å². The number of thioether (sulfide) groups is 1. The van der Waals surface area contributed by atoms with E-state index < -0.39 is 47.8 Å². The Kier molecular flexibility index (Phi) is 9.50. The third-order valence-corrected chi connectivity index (χ3v) is 6.08. The fourth-order valence-electron chi connectivity index (χ4n) is 3.55. The Morgan fingerprint density at radius 2 is 1.38 bits per heavy atom. The van der Waals surface area contributed by atoms with E-state index >= 15 is 0 Å². The summed E-state index contributed by atoms with van der Waals surface area (Å²) in [6, 6.07) is 18.9. The molecule has 34 heavy (non-hydrogen) atoms. The van der Waals surface area contributed by atoms with Gasteiger partial charge in [0, 0.05) is 25.7 Å². The lowest BCUT2D eigenvalue weighted by atomic mass is 9.99. The molecule has 0 aliphatic carbocycles. The SMILES string of the molecule is CC(=O)OC[C@H]1O[C@@H](Sc2ccccc2)[C@H](OC(C)=O)[C@@H](OCc2ccccc2)[C@@H]1OC(C)=O. The highest BCUT2D eigenvalue weighted by Gasteiger charge is 2.51. The molecule has 1 aliphatic heterocycles. The van der Waals surface area contributed by atoms with Crippen molar-refractivity contribution in [2.24, 2.45) is 0 Å². The van der Waals surface area contributed by atoms with Crippen LogP contribution in [-0.2, 0) is 44.7 Å². The largest absolute Gasteiger partial charge is 0.463 e. The van der Waals surface area contributed by atoms with Gasteiger partial charge in [0.15, 0.2) is 12.2 Å². The Bertz CT molecular complexity index is 952. The van der Waals surface area contributed by atoms with E-state index in [9.17, 15) is 14.4 Å². The minimum atomic E-state index is -0.975. The second-order valence-corrected chi connectivity index (χ2v) is 8.86. The zero-order chi connectivity index (χ0) is 24.5. The van der Waals surface area contributed by atoms with Gasteiger partial charge in [-0.05, 0) is 17.7 Å². The number of carbonyl (C=O) groups excluding carboxylic acids is 3. The van der Waals surface area contributed by atoms with Crippen LogP contribution in [0.2, 0.25) is 0 Å². The summed E-state index contributed by atoms with van der Waals surface area (Å²) in [7, 11) is 0. The Morgan fingerprint density at radius 3 is 1.97 bits per heavy atom. The highest BCUT2D eigenvalue weighted by atomic mass is 32.2. The summed E-state index contributed by atoms with van der Waals surface area (Å²) in [5.74, 6) is -1.59. The zero-order valence-electron chi connectivity index (χ0n) is 19.2. The summed E-state index contributed by atoms with van der Waals surface area (Å²) in [6.07, 6.45) is -3.58. The molecule has 3 rings (SSSR count). The Hall–Kier alpha value is -2.88. The van der Waals surface area contributed by atoms with Gasteiger partial charge in [0.2, 0.25) is 0 Å². The van der Waals surface area contributed by atoms with Gasteiger partial charge in [-0.15, -0.1) is 0 Å². The summed E-state index contributed by atoms with van der Waals surface area (Å²) in [5, 5.41) is 0. The van der Waals surface area contributed by atoms with Gasteiger partial charge in [-0.2, -0.15) is 0 Å². The molecule has 2 aromatic rings. The van der Waals surface area contributed by atoms with Crippen molar-refractivity contribution in [1.29, 1.82) is 0 Å². The predicted octanol–water partition coefficient (Wildman–Crippen LogP) is 3.52. The van der Waals surface area contributed by atoms with Crippen LogP contribution in [0.5, 0.6) is 0 Å². The maximum absolute atomic E-state index is 12.0. The van der Waals surface area contributed by atoms with Crippen molar-refractivity contribution >= 4 is 29.7 Å². The molecule has 1 aliphatic rings. The van der Waals surface area contributed by atoms with E-state index in [1.165, 1.54) is 32.5 Å². The van der Waals surface area contributed by atoms with Gasteiger partial charge in [-0.25, -0.2) is 0 Å². The summed E-state index contributed by atoms with van der Waals surface area (Å²) in [6.45, 7) is 3.87. The van der Waals surface area contributed by atoms with Crippen LogP contribution in [0, 0.1) is 0 Å². The van der Waals surface area contributed by atoms with E-state index in [1.54, 1.807) is 0 Å². The van der Waals surface area contributed by atoms with Crippen molar-refractivity contribution in [2.45, 2.75) is 62.1 Å². The quantitative estimate of drug-likeness (QED) is 0.388. The first kappa shape index (κ1) is 25.7. The molecule has 0 saturated carbocycles. The van der Waals surface area contributed by atoms with E-state index in [0.717, 1.165) is 10.5 Å². The molecule has 0 bridgehead atoms. The highest BCUT2D eigenvalue weighted by molar-refractivity contribution is 7.99. The molecule has 0 unspecified atom stereocenters. The lowest BCUT2D eigenvalue weighted by Crippen LogP contribution is -2.61. The Morgan fingerprint density at radius 1 is 0.794 bits per heavy atom. The number of esters is 3. The van der Waals surface area contributed by atoms with Crippen LogP contribution in [0.3, 0.4) is 0 Å². The Labute approximate surface area is 202 Å². The molecule has 5 atom stereocenters. The van der Waals surface area contributed by atoms with Gasteiger partial charge < -0.3 is 23.7 Å². The maximum atomic E-state index is 12.0. The van der Waals surface area contributed by atoms with Crippen molar-refractivity contribution in [2.75, 3.05) is 6.61 Å². The molecule has 182 valence electrons. The summed E-state index contributed by atoms with van der Waals surface area (Å²) < 4.78 is 28.8. The zero-order valence-corrected chi connectivity index (χ0v) is 20.1. The average Bonchev–Trinajstić information content (AvgIpc) is 2.80. The van der Waals surface area contributed by atoms with E-state index in [-0.39, 0.29) is 13.2 Å². The second-order valence-electron chi connectivity index (χ2n) is 7.69. The number of carbonyl (C=O) groups is 3. The van der Waals surface area contributed by atoms with Crippen molar-refractivity contribution in [1.82, 2.24) is 0 Å². The van der Waals surface area contributed by atoms with E-state index in [0.29, 0.717) is 0 Å². The Balaban J connectivity index is 1.95. The number of ether oxygens (including phenoxy) is 5. The molecular formula is C25H28O8S. The van der Waals surface area contributed by atoms with Crippen molar-refractivity contribution in [3.8, 4) is 0 Å². The van der Waals surface area contributed by atoms with Gasteiger partial charge in [-0.3, -0.25) is 14.4 Å². The predicted molar refractivity (Wildman–Crippen MR) is 124 cm³/mol. The molecule has 0 radical (unpaired) electrons. The van der Waals surface area contributed by atoms with E-state index in [4.69, 9.17) is 23.7 Å². The molecule has 2 aromatic carbocycles. The smallest absolute Gasteiger partial charge is 0.303 e. The van der Waals surface area contributed by atoms with Crippen molar-refractivity contribution < 1.29 is 38.1 Å². The molecule has 1 saturated heterocycles. The fourth-order valence-corrected chi connectivity index (χ4v) is 4.67. The molecule has 0 N–H and O–H groups in total. The first-order chi connectivity index (χ1) is 16.3. The molecule has 0 amide bonds. The van der Waals surface area contributed by atoms with Crippen LogP contribution in [-0.4, -0.2) is 54.4 Å². The molecular weight excluding hydrogens is 460 g/mol. The van der Waals surface area contributed by atoms with Gasteiger partial charge >= 0.3 is 17.9 Å². The standard InChI is InChI=1S/C25H28O8S/c1-16(26)29-15-21-22(31-17(2)27)23(30-14-19-10-6-4-7-11-19)24(32-18(3)28)25(33-21)34-20-12-8-5-9-13-20/h4-13,21-25H,14-15H2,1-3H3/t21-,22-,23+,24-,25+/m1/s1. The molecule has 9 heteroatoms. The normalized spacial score (nSPS) is 24.1. The van der Waals surface area contributed by atoms with Crippen LogP contribution in [0.15, 0.2) is 65.6 Å². The van der Waals surface area contributed by atoms with Gasteiger partial charge in [0.05, 0.1) is 6.61 Å². The van der Waals surface area contributed by atoms with Crippen molar-refractivity contribution in [3.05, 3.63) is 66.2 Å². The summed E-state index contributed by atoms with van der Waals surface area (Å²) in [4.78, 5) is 36.4. The number of benzene rings is 2. The van der Waals surface area contributed by atoms with Crippen LogP contribution < -0.4 is 0 Å². The number of hydrogen-bond donors (Lipinski definition) is 0. The molecule has 0 aromatic heterocycles. The first-order valence-electron chi connectivity index (χ1n) is 10.8. The van der Waals surface area contributed by atoms with Crippen LogP contribution in [0.25, 0.3) is 0 Å². The molecule has 8 nitrogen and oxygen atoms in total. The van der Waals surface area contributed by atoms with Crippen molar-refractivity contribution in [3.63, 3.8) is 0 Å². The minimum Gasteiger partial charge on any atom is -0.463 e. The third kappa shape index (κ3) is 7.58. The topological polar surface area (TPSA) is 97.4 Å². The lowest BCUT2D eigenvalue weighted by Gasteiger charge is -2.44. The molecule has 1 fully saturated rings. The molecule has 1 heterocycles. The first-order valence-corrected chi connectivity index (χ1v) is 11.7. The van der Waals surface area contributed by atoms with E-state index in [2.05, 4.69) is 0 Å². The van der Waals surface area contributed by atoms with E-state index in [1.807, 2.05) is 60.7 Å². The highest BCUT2D eigenvalue weighted by Crippen LogP contribution is 2.37. The second kappa shape index (κ2) is 12.5. The lowest BCUT2D eigenvalue weighted by molar-refractivity contribution is -0.241. The van der Waals surface area contributed by atoms with Gasteiger partial charge in [0.25, 0.3) is 0 Å². The number of rotatable bonds is 9. The fraction of sp³-hybridized carbons (Fsp3) is 0.400. The monoisotopic (exact) mass is 488 g/mol. The van der Waals surface area contributed by atoms with Gasteiger partial charge in [0.1, 0.15) is 24.3 Å². The maximum Gasteiger partial charge on any atom is 0.303 e. The average molecular weight is 489 g/mol.